The van der Waals surface area contributed by atoms with Crippen molar-refractivity contribution in [2.24, 2.45) is 0 Å². The highest BCUT2D eigenvalue weighted by atomic mass is 32.2. The molecule has 0 bridgehead atoms. The van der Waals surface area contributed by atoms with Crippen LogP contribution in [0.15, 0.2) is 95.7 Å². The number of hydrogen-bond acceptors (Lipinski definition) is 5. The van der Waals surface area contributed by atoms with E-state index in [9.17, 15) is 18.0 Å². The Morgan fingerprint density at radius 1 is 0.902 bits per heavy atom. The molecule has 1 amide bonds. The summed E-state index contributed by atoms with van der Waals surface area (Å²) in [5, 5.41) is 5.08. The number of nitrogen functional groups attached to an aromatic ring is 1. The molecule has 216 valence electrons. The fourth-order valence-electron chi connectivity index (χ4n) is 5.05. The van der Waals surface area contributed by atoms with Crippen LogP contribution in [0.2, 0.25) is 0 Å². The maximum absolute atomic E-state index is 12.8. The summed E-state index contributed by atoms with van der Waals surface area (Å²) in [7, 11) is -0.184. The summed E-state index contributed by atoms with van der Waals surface area (Å²) >= 11 is 0. The number of carbonyl (C=O) groups excluding carboxylic acids is 1. The van der Waals surface area contributed by atoms with Gasteiger partial charge in [-0.05, 0) is 73.3 Å². The molecule has 2 aliphatic heterocycles. The molecule has 0 radical (unpaired) electrons. The summed E-state index contributed by atoms with van der Waals surface area (Å²) in [4.78, 5) is 18.6. The first-order chi connectivity index (χ1) is 19.8. The highest BCUT2D eigenvalue weighted by molar-refractivity contribution is 8.16. The second-order valence-corrected chi connectivity index (χ2v) is 11.7. The highest BCUT2D eigenvalue weighted by Gasteiger charge is 2.31. The lowest BCUT2D eigenvalue weighted by molar-refractivity contribution is -0.137. The van der Waals surface area contributed by atoms with Crippen molar-refractivity contribution in [1.82, 2.24) is 15.1 Å². The Bertz CT molecular complexity index is 1400. The molecule has 2 heterocycles. The molecule has 0 aromatic heterocycles. The van der Waals surface area contributed by atoms with Crippen LogP contribution < -0.4 is 15.4 Å². The molecule has 41 heavy (non-hydrogen) atoms. The largest absolute Gasteiger partial charge is 0.416 e. The van der Waals surface area contributed by atoms with Crippen LogP contribution >= 0.6 is 10.7 Å². The van der Waals surface area contributed by atoms with Crippen molar-refractivity contribution in [3.63, 3.8) is 0 Å². The summed E-state index contributed by atoms with van der Waals surface area (Å²) in [6.07, 6.45) is -0.556. The lowest BCUT2D eigenvalue weighted by Crippen LogP contribution is -2.48. The predicted molar refractivity (Wildman–Crippen MR) is 161 cm³/mol. The summed E-state index contributed by atoms with van der Waals surface area (Å²) < 4.78 is 41.0. The molecule has 6 nitrogen and oxygen atoms in total. The third-order valence-corrected chi connectivity index (χ3v) is 9.17. The Morgan fingerprint density at radius 3 is 2.24 bits per heavy atom. The highest BCUT2D eigenvalue weighted by Crippen LogP contribution is 2.42. The van der Waals surface area contributed by atoms with E-state index >= 15 is 0 Å². The van der Waals surface area contributed by atoms with E-state index in [4.69, 9.17) is 5.73 Å². The lowest BCUT2D eigenvalue weighted by atomic mass is 10.1. The normalized spacial score (nSPS) is 17.7. The van der Waals surface area contributed by atoms with Crippen LogP contribution in [0.25, 0.3) is 0 Å². The molecule has 3 aromatic carbocycles. The van der Waals surface area contributed by atoms with E-state index in [2.05, 4.69) is 79.4 Å². The molecule has 0 aliphatic carbocycles. The van der Waals surface area contributed by atoms with Crippen LogP contribution in [-0.4, -0.2) is 60.3 Å². The number of alkyl halides is 3. The van der Waals surface area contributed by atoms with E-state index in [0.717, 1.165) is 63.8 Å². The average molecular weight is 582 g/mol. The minimum Gasteiger partial charge on any atom is -0.398 e. The van der Waals surface area contributed by atoms with Crippen molar-refractivity contribution in [3.8, 4) is 0 Å². The number of anilines is 2. The Hall–Kier alpha value is -3.76. The van der Waals surface area contributed by atoms with Crippen LogP contribution in [-0.2, 0) is 6.18 Å². The third kappa shape index (κ3) is 6.94. The molecule has 3 aromatic rings. The third-order valence-electron chi connectivity index (χ3n) is 7.23. The number of nitrogens with two attached hydrogens (primary N) is 1. The second-order valence-electron chi connectivity index (χ2n) is 10.0. The number of carbonyl (C=O) groups is 1. The number of allylic oxidation sites excluding steroid dienone is 1. The smallest absolute Gasteiger partial charge is 0.398 e. The Labute approximate surface area is 241 Å². The first kappa shape index (κ1) is 28.8. The molecule has 3 N–H and O–H groups in total. The zero-order valence-corrected chi connectivity index (χ0v) is 23.5. The van der Waals surface area contributed by atoms with Gasteiger partial charge in [0.25, 0.3) is 5.91 Å². The van der Waals surface area contributed by atoms with E-state index < -0.39 is 17.6 Å². The second kappa shape index (κ2) is 12.8. The van der Waals surface area contributed by atoms with Crippen LogP contribution in [0.5, 0.6) is 0 Å². The van der Waals surface area contributed by atoms with Gasteiger partial charge >= 0.3 is 6.18 Å². The van der Waals surface area contributed by atoms with Gasteiger partial charge in [-0.1, -0.05) is 47.1 Å². The van der Waals surface area contributed by atoms with Gasteiger partial charge in [-0.3, -0.25) is 14.0 Å². The maximum Gasteiger partial charge on any atom is 0.416 e. The topological polar surface area (TPSA) is 64.8 Å². The molecular weight excluding hydrogens is 547 g/mol. The Balaban J connectivity index is 1.08. The zero-order chi connectivity index (χ0) is 28.8. The number of unbranched alkanes of at least 4 members (excludes halogenated alkanes) is 1. The zero-order valence-electron chi connectivity index (χ0n) is 22.7. The quantitative estimate of drug-likeness (QED) is 0.189. The van der Waals surface area contributed by atoms with E-state index in [0.29, 0.717) is 6.54 Å². The van der Waals surface area contributed by atoms with E-state index in [1.807, 2.05) is 12.1 Å². The van der Waals surface area contributed by atoms with Crippen LogP contribution in [0.3, 0.4) is 0 Å². The first-order valence-electron chi connectivity index (χ1n) is 13.7. The molecular formula is C31H34F3N5OS. The fourth-order valence-corrected chi connectivity index (χ4v) is 6.95. The van der Waals surface area contributed by atoms with Crippen molar-refractivity contribution < 1.29 is 18.0 Å². The number of benzene rings is 3. The molecule has 1 unspecified atom stereocenters. The summed E-state index contributed by atoms with van der Waals surface area (Å²) in [5.41, 5.74) is 5.91. The standard InChI is InChI=1S/C31H34F3N5OS/c32-31(33,34)24-13-14-27(28(35)23-24)30(40)36-16-7-8-17-37-18-20-38(21-19-37)29-15-22-41(26-11-5-2-6-12-26)39(29)25-9-3-1-4-10-25/h1-6,9-15,22-23H,7-8,16-21,35H2,(H,36,40). The van der Waals surface area contributed by atoms with E-state index in [-0.39, 0.29) is 21.9 Å². The average Bonchev–Trinajstić information content (AvgIpc) is 3.43. The lowest BCUT2D eigenvalue weighted by Gasteiger charge is -2.40. The van der Waals surface area contributed by atoms with Gasteiger partial charge < -0.3 is 16.0 Å². The Morgan fingerprint density at radius 2 is 1.59 bits per heavy atom. The van der Waals surface area contributed by atoms with Crippen molar-refractivity contribution in [3.05, 3.63) is 102 Å². The van der Waals surface area contributed by atoms with Gasteiger partial charge in [0.05, 0.1) is 16.8 Å². The van der Waals surface area contributed by atoms with Gasteiger partial charge in [0.2, 0.25) is 0 Å². The molecule has 0 saturated carbocycles. The summed E-state index contributed by atoms with van der Waals surface area (Å²) in [6.45, 7) is 5.13. The van der Waals surface area contributed by atoms with Crippen LogP contribution in [0, 0.1) is 0 Å². The number of rotatable bonds is 9. The molecule has 10 heteroatoms. The maximum atomic E-state index is 12.8. The van der Waals surface area contributed by atoms with Crippen molar-refractivity contribution in [2.75, 3.05) is 49.3 Å². The number of piperazine rings is 1. The monoisotopic (exact) mass is 581 g/mol. The first-order valence-corrected chi connectivity index (χ1v) is 15.0. The van der Waals surface area contributed by atoms with Crippen molar-refractivity contribution >= 4 is 33.3 Å². The van der Waals surface area contributed by atoms with Gasteiger partial charge in [-0.25, -0.2) is 0 Å². The number of amides is 1. The molecule has 5 rings (SSSR count). The van der Waals surface area contributed by atoms with Gasteiger partial charge in [0.15, 0.2) is 0 Å². The predicted octanol–water partition coefficient (Wildman–Crippen LogP) is 5.82. The van der Waals surface area contributed by atoms with E-state index in [1.54, 1.807) is 0 Å². The van der Waals surface area contributed by atoms with E-state index in [1.165, 1.54) is 16.4 Å². The Kier molecular flexibility index (Phi) is 8.99. The molecule has 1 atom stereocenters. The number of hydrogen-bond donors (Lipinski definition) is 2. The minimum atomic E-state index is -4.49. The van der Waals surface area contributed by atoms with Gasteiger partial charge in [-0.2, -0.15) is 13.2 Å². The van der Waals surface area contributed by atoms with Gasteiger partial charge in [0.1, 0.15) is 5.82 Å². The molecule has 2 aliphatic rings. The molecule has 0 spiro atoms. The number of halogens is 3. The molecule has 1 saturated heterocycles. The summed E-state index contributed by atoms with van der Waals surface area (Å²) in [5.74, 6) is 0.775. The fraction of sp³-hybridized carbons (Fsp3) is 0.290. The number of para-hydroxylation sites is 1. The van der Waals surface area contributed by atoms with Crippen molar-refractivity contribution in [2.45, 2.75) is 23.9 Å². The van der Waals surface area contributed by atoms with Gasteiger partial charge in [0, 0.05) is 43.3 Å². The van der Waals surface area contributed by atoms with Gasteiger partial charge in [-0.15, -0.1) is 0 Å². The number of nitrogens with zero attached hydrogens (tertiary/aromatic N) is 3. The SMILES string of the molecule is Nc1cc(C(F)(F)F)ccc1C(=O)NCCCCN1CCN(C2=CC=S(c3ccccc3)N2c2ccccc2)CC1. The van der Waals surface area contributed by atoms with Crippen LogP contribution in [0.4, 0.5) is 24.5 Å². The minimum absolute atomic E-state index is 0.0623. The summed E-state index contributed by atoms with van der Waals surface area (Å²) in [6, 6.07) is 23.9. The molecule has 1 fully saturated rings. The van der Waals surface area contributed by atoms with Crippen LogP contribution in [0.1, 0.15) is 28.8 Å². The number of nitrogens with one attached hydrogen (secondary N) is 1. The van der Waals surface area contributed by atoms with Crippen molar-refractivity contribution in [1.29, 1.82) is 0 Å².